The molecule has 2 aromatic carbocycles. The molecule has 100 valence electrons. The van der Waals surface area contributed by atoms with Crippen molar-refractivity contribution in [2.24, 2.45) is 0 Å². The Kier molecular flexibility index (Phi) is 4.50. The lowest BCUT2D eigenvalue weighted by Crippen LogP contribution is -2.02. The summed E-state index contributed by atoms with van der Waals surface area (Å²) >= 11 is 12.2. The molecule has 0 saturated heterocycles. The third-order valence-corrected chi connectivity index (χ3v) is 5.10. The number of hydrogen-bond acceptors (Lipinski definition) is 2. The van der Waals surface area contributed by atoms with Gasteiger partial charge < -0.3 is 5.73 Å². The summed E-state index contributed by atoms with van der Waals surface area (Å²) in [6.07, 6.45) is 0. The fourth-order valence-electron chi connectivity index (χ4n) is 1.76. The van der Waals surface area contributed by atoms with Gasteiger partial charge in [0.2, 0.25) is 0 Å². The molecule has 2 rings (SSSR count). The van der Waals surface area contributed by atoms with Crippen molar-refractivity contribution >= 4 is 39.7 Å². The van der Waals surface area contributed by atoms with Crippen LogP contribution in [0.1, 0.15) is 11.1 Å². The Bertz CT molecular complexity index is 623. The van der Waals surface area contributed by atoms with Gasteiger partial charge in [-0.05, 0) is 36.8 Å². The molecule has 2 nitrogen and oxygen atoms in total. The van der Waals surface area contributed by atoms with Crippen LogP contribution >= 0.6 is 23.2 Å². The summed E-state index contributed by atoms with van der Waals surface area (Å²) in [4.78, 5) is 0.719. The topological polar surface area (TPSA) is 43.1 Å². The molecule has 0 aliphatic carbocycles. The van der Waals surface area contributed by atoms with Crippen molar-refractivity contribution in [1.82, 2.24) is 0 Å². The number of halogens is 2. The minimum absolute atomic E-state index is 0.281. The Labute approximate surface area is 125 Å². The van der Waals surface area contributed by atoms with Gasteiger partial charge in [-0.1, -0.05) is 35.3 Å². The highest BCUT2D eigenvalue weighted by molar-refractivity contribution is 7.84. The van der Waals surface area contributed by atoms with Crippen LogP contribution in [0.4, 0.5) is 5.69 Å². The zero-order valence-electron chi connectivity index (χ0n) is 10.3. The first-order valence-electron chi connectivity index (χ1n) is 5.67. The van der Waals surface area contributed by atoms with Crippen LogP contribution < -0.4 is 5.73 Å². The second-order valence-corrected chi connectivity index (χ2v) is 6.39. The monoisotopic (exact) mass is 313 g/mol. The Hall–Kier alpha value is -1.03. The molecule has 2 aromatic rings. The lowest BCUT2D eigenvalue weighted by Gasteiger charge is -2.10. The SMILES string of the molecule is Cc1c(N)cccc1S(=O)Cc1c(Cl)cccc1Cl. The first-order chi connectivity index (χ1) is 9.00. The summed E-state index contributed by atoms with van der Waals surface area (Å²) in [6.45, 7) is 1.86. The highest BCUT2D eigenvalue weighted by Crippen LogP contribution is 2.28. The molecule has 5 heteroatoms. The average Bonchev–Trinajstić information content (AvgIpc) is 2.37. The van der Waals surface area contributed by atoms with Gasteiger partial charge in [0.1, 0.15) is 0 Å². The van der Waals surface area contributed by atoms with Gasteiger partial charge in [-0.25, -0.2) is 0 Å². The van der Waals surface area contributed by atoms with Crippen LogP contribution in [0.25, 0.3) is 0 Å². The molecule has 1 atom stereocenters. The molecule has 0 aromatic heterocycles. The van der Waals surface area contributed by atoms with Crippen molar-refractivity contribution in [3.8, 4) is 0 Å². The maximum Gasteiger partial charge on any atom is 0.0578 e. The van der Waals surface area contributed by atoms with Gasteiger partial charge in [-0.3, -0.25) is 4.21 Å². The van der Waals surface area contributed by atoms with Crippen LogP contribution in [-0.2, 0) is 16.6 Å². The van der Waals surface area contributed by atoms with E-state index in [1.165, 1.54) is 0 Å². The zero-order valence-corrected chi connectivity index (χ0v) is 12.6. The van der Waals surface area contributed by atoms with Gasteiger partial charge in [-0.15, -0.1) is 0 Å². The van der Waals surface area contributed by atoms with Crippen molar-refractivity contribution in [2.75, 3.05) is 5.73 Å². The van der Waals surface area contributed by atoms with Crippen molar-refractivity contribution in [3.05, 3.63) is 57.6 Å². The van der Waals surface area contributed by atoms with Crippen molar-refractivity contribution < 1.29 is 4.21 Å². The smallest absolute Gasteiger partial charge is 0.0578 e. The summed E-state index contributed by atoms with van der Waals surface area (Å²) in [7, 11) is -1.23. The first-order valence-corrected chi connectivity index (χ1v) is 7.74. The maximum absolute atomic E-state index is 12.4. The van der Waals surface area contributed by atoms with Crippen molar-refractivity contribution in [1.29, 1.82) is 0 Å². The minimum Gasteiger partial charge on any atom is -0.398 e. The van der Waals surface area contributed by atoms with E-state index in [2.05, 4.69) is 0 Å². The molecule has 0 amide bonds. The summed E-state index contributed by atoms with van der Waals surface area (Å²) in [5, 5.41) is 1.06. The largest absolute Gasteiger partial charge is 0.398 e. The highest BCUT2D eigenvalue weighted by Gasteiger charge is 2.13. The summed E-state index contributed by atoms with van der Waals surface area (Å²) < 4.78 is 12.4. The zero-order chi connectivity index (χ0) is 14.0. The van der Waals surface area contributed by atoms with E-state index in [9.17, 15) is 4.21 Å². The van der Waals surface area contributed by atoms with E-state index in [-0.39, 0.29) is 5.75 Å². The number of anilines is 1. The molecule has 0 aliphatic rings. The molecule has 0 aliphatic heterocycles. The van der Waals surface area contributed by atoms with E-state index in [0.29, 0.717) is 21.3 Å². The molecule has 0 bridgehead atoms. The highest BCUT2D eigenvalue weighted by atomic mass is 35.5. The van der Waals surface area contributed by atoms with Crippen LogP contribution in [0.3, 0.4) is 0 Å². The van der Waals surface area contributed by atoms with E-state index in [0.717, 1.165) is 10.5 Å². The lowest BCUT2D eigenvalue weighted by molar-refractivity contribution is 0.682. The molecule has 0 saturated carbocycles. The van der Waals surface area contributed by atoms with Gasteiger partial charge in [0.05, 0.1) is 16.6 Å². The van der Waals surface area contributed by atoms with Gasteiger partial charge in [0, 0.05) is 26.2 Å². The first kappa shape index (κ1) is 14.4. The van der Waals surface area contributed by atoms with Crippen molar-refractivity contribution in [2.45, 2.75) is 17.6 Å². The second kappa shape index (κ2) is 5.95. The Morgan fingerprint density at radius 1 is 1.11 bits per heavy atom. The molecule has 2 N–H and O–H groups in total. The third-order valence-electron chi connectivity index (χ3n) is 2.91. The molecule has 19 heavy (non-hydrogen) atoms. The minimum atomic E-state index is -1.23. The Balaban J connectivity index is 2.34. The van der Waals surface area contributed by atoms with Gasteiger partial charge >= 0.3 is 0 Å². The lowest BCUT2D eigenvalue weighted by atomic mass is 10.2. The quantitative estimate of drug-likeness (QED) is 0.863. The van der Waals surface area contributed by atoms with E-state index >= 15 is 0 Å². The predicted octanol–water partition coefficient (Wildman–Crippen LogP) is 4.19. The van der Waals surface area contributed by atoms with E-state index in [1.807, 2.05) is 13.0 Å². The molecule has 0 spiro atoms. The van der Waals surface area contributed by atoms with Gasteiger partial charge in [0.15, 0.2) is 0 Å². The summed E-state index contributed by atoms with van der Waals surface area (Å²) in [5.74, 6) is 0.281. The third kappa shape index (κ3) is 3.11. The average molecular weight is 314 g/mol. The standard InChI is InChI=1S/C14H13Cl2NOS/c1-9-13(17)6-3-7-14(9)19(18)8-10-11(15)4-2-5-12(10)16/h2-7H,8,17H2,1H3. The summed E-state index contributed by atoms with van der Waals surface area (Å²) in [5.41, 5.74) is 8.00. The van der Waals surface area contributed by atoms with E-state index < -0.39 is 10.8 Å². The van der Waals surface area contributed by atoms with Crippen LogP contribution in [0, 0.1) is 6.92 Å². The van der Waals surface area contributed by atoms with Gasteiger partial charge in [0.25, 0.3) is 0 Å². The molecule has 1 unspecified atom stereocenters. The van der Waals surface area contributed by atoms with Crippen molar-refractivity contribution in [3.63, 3.8) is 0 Å². The Morgan fingerprint density at radius 2 is 1.68 bits per heavy atom. The van der Waals surface area contributed by atoms with Gasteiger partial charge in [-0.2, -0.15) is 0 Å². The second-order valence-electron chi connectivity index (χ2n) is 4.16. The molecular formula is C14H13Cl2NOS. The van der Waals surface area contributed by atoms with Crippen LogP contribution in [0.15, 0.2) is 41.3 Å². The molecule has 0 radical (unpaired) electrons. The van der Waals surface area contributed by atoms with Crippen LogP contribution in [-0.4, -0.2) is 4.21 Å². The van der Waals surface area contributed by atoms with Crippen LogP contribution in [0.2, 0.25) is 10.0 Å². The number of nitrogens with two attached hydrogens (primary N) is 1. The fraction of sp³-hybridized carbons (Fsp3) is 0.143. The van der Waals surface area contributed by atoms with E-state index in [1.54, 1.807) is 30.3 Å². The fourth-order valence-corrected chi connectivity index (χ4v) is 3.87. The van der Waals surface area contributed by atoms with Crippen LogP contribution in [0.5, 0.6) is 0 Å². The Morgan fingerprint density at radius 3 is 2.32 bits per heavy atom. The molecular weight excluding hydrogens is 301 g/mol. The van der Waals surface area contributed by atoms with E-state index in [4.69, 9.17) is 28.9 Å². The molecule has 0 fully saturated rings. The normalized spacial score (nSPS) is 12.4. The predicted molar refractivity (Wildman–Crippen MR) is 82.2 cm³/mol. The molecule has 0 heterocycles. The number of nitrogen functional groups attached to an aromatic ring is 1. The summed E-state index contributed by atoms with van der Waals surface area (Å²) in [6, 6.07) is 10.6. The maximum atomic E-state index is 12.4. The number of hydrogen-bond donors (Lipinski definition) is 1. The number of benzene rings is 2. The number of rotatable bonds is 3.